The van der Waals surface area contributed by atoms with Crippen LogP contribution in [0.5, 0.6) is 5.75 Å². The SMILES string of the molecule is Cc1n[nH]c(C)c1CC(=O)N/N=C/c1cc(Br)cc(Br)c1O. The van der Waals surface area contributed by atoms with Crippen LogP contribution in [0.3, 0.4) is 0 Å². The van der Waals surface area contributed by atoms with Crippen molar-refractivity contribution < 1.29 is 9.90 Å². The van der Waals surface area contributed by atoms with Gasteiger partial charge in [-0.1, -0.05) is 15.9 Å². The van der Waals surface area contributed by atoms with Crippen molar-refractivity contribution in [2.45, 2.75) is 20.3 Å². The molecule has 1 aromatic heterocycles. The van der Waals surface area contributed by atoms with E-state index in [1.807, 2.05) is 13.8 Å². The first kappa shape index (κ1) is 16.7. The Labute approximate surface area is 144 Å². The van der Waals surface area contributed by atoms with Crippen molar-refractivity contribution in [2.75, 3.05) is 0 Å². The van der Waals surface area contributed by atoms with E-state index in [1.165, 1.54) is 6.21 Å². The van der Waals surface area contributed by atoms with Gasteiger partial charge in [-0.25, -0.2) is 5.43 Å². The molecular weight excluding hydrogens is 416 g/mol. The Bertz CT molecular complexity index is 721. The van der Waals surface area contributed by atoms with Gasteiger partial charge >= 0.3 is 0 Å². The molecule has 1 aromatic carbocycles. The average Bonchev–Trinajstić information content (AvgIpc) is 2.76. The zero-order valence-electron chi connectivity index (χ0n) is 11.9. The fourth-order valence-electron chi connectivity index (χ4n) is 1.89. The molecule has 0 aliphatic carbocycles. The highest BCUT2D eigenvalue weighted by Crippen LogP contribution is 2.30. The fraction of sp³-hybridized carbons (Fsp3) is 0.214. The van der Waals surface area contributed by atoms with E-state index in [-0.39, 0.29) is 18.1 Å². The Hall–Kier alpha value is -1.67. The van der Waals surface area contributed by atoms with Crippen LogP contribution in [0.1, 0.15) is 22.5 Å². The van der Waals surface area contributed by atoms with E-state index in [0.717, 1.165) is 21.4 Å². The van der Waals surface area contributed by atoms with Gasteiger partial charge in [-0.2, -0.15) is 10.2 Å². The van der Waals surface area contributed by atoms with Crippen LogP contribution in [0.2, 0.25) is 0 Å². The van der Waals surface area contributed by atoms with Crippen molar-refractivity contribution in [1.82, 2.24) is 15.6 Å². The van der Waals surface area contributed by atoms with Crippen LogP contribution < -0.4 is 5.43 Å². The average molecular weight is 430 g/mol. The smallest absolute Gasteiger partial charge is 0.244 e. The summed E-state index contributed by atoms with van der Waals surface area (Å²) in [5.41, 5.74) is 5.44. The number of hydrogen-bond donors (Lipinski definition) is 3. The molecule has 0 aliphatic rings. The third kappa shape index (κ3) is 3.95. The zero-order valence-corrected chi connectivity index (χ0v) is 15.1. The van der Waals surface area contributed by atoms with E-state index in [2.05, 4.69) is 52.6 Å². The second-order valence-corrected chi connectivity index (χ2v) is 6.48. The number of amides is 1. The maximum Gasteiger partial charge on any atom is 0.244 e. The molecule has 0 atom stereocenters. The Morgan fingerprint density at radius 2 is 2.18 bits per heavy atom. The number of benzene rings is 1. The summed E-state index contributed by atoms with van der Waals surface area (Å²) in [6.07, 6.45) is 1.58. The Morgan fingerprint density at radius 3 is 2.82 bits per heavy atom. The first-order valence-corrected chi connectivity index (χ1v) is 7.97. The van der Waals surface area contributed by atoms with Gasteiger partial charge in [-0.15, -0.1) is 0 Å². The highest BCUT2D eigenvalue weighted by molar-refractivity contribution is 9.11. The number of nitrogens with one attached hydrogen (secondary N) is 2. The number of phenols is 1. The summed E-state index contributed by atoms with van der Waals surface area (Å²) in [5, 5.41) is 20.6. The lowest BCUT2D eigenvalue weighted by molar-refractivity contribution is -0.120. The predicted molar refractivity (Wildman–Crippen MR) is 91.0 cm³/mol. The molecule has 0 radical (unpaired) electrons. The number of aromatic amines is 1. The second-order valence-electron chi connectivity index (χ2n) is 4.71. The number of H-pyrrole nitrogens is 1. The van der Waals surface area contributed by atoms with E-state index in [9.17, 15) is 9.90 Å². The Kier molecular flexibility index (Phi) is 5.36. The number of rotatable bonds is 4. The van der Waals surface area contributed by atoms with Crippen LogP contribution in [0.25, 0.3) is 0 Å². The van der Waals surface area contributed by atoms with Gasteiger partial charge in [0.05, 0.1) is 22.8 Å². The maximum atomic E-state index is 11.9. The highest BCUT2D eigenvalue weighted by atomic mass is 79.9. The molecule has 8 heteroatoms. The zero-order chi connectivity index (χ0) is 16.3. The van der Waals surface area contributed by atoms with Crippen molar-refractivity contribution in [3.05, 3.63) is 43.6 Å². The molecule has 2 aromatic rings. The molecule has 1 amide bonds. The van der Waals surface area contributed by atoms with Crippen LogP contribution in [0, 0.1) is 13.8 Å². The summed E-state index contributed by atoms with van der Waals surface area (Å²) >= 11 is 6.56. The van der Waals surface area contributed by atoms with Crippen LogP contribution in [0.15, 0.2) is 26.2 Å². The Morgan fingerprint density at radius 1 is 1.45 bits per heavy atom. The van der Waals surface area contributed by atoms with Crippen molar-refractivity contribution >= 4 is 44.0 Å². The maximum absolute atomic E-state index is 11.9. The van der Waals surface area contributed by atoms with Gasteiger partial charge in [-0.3, -0.25) is 9.89 Å². The molecule has 0 saturated carbocycles. The molecule has 22 heavy (non-hydrogen) atoms. The van der Waals surface area contributed by atoms with Gasteiger partial charge < -0.3 is 5.11 Å². The molecule has 0 saturated heterocycles. The predicted octanol–water partition coefficient (Wildman–Crippen LogP) is 2.95. The monoisotopic (exact) mass is 428 g/mol. The number of carbonyl (C=O) groups excluding carboxylic acids is 1. The number of aromatic hydroxyl groups is 1. The van der Waals surface area contributed by atoms with Gasteiger partial charge in [-0.05, 0) is 41.9 Å². The van der Waals surface area contributed by atoms with E-state index >= 15 is 0 Å². The summed E-state index contributed by atoms with van der Waals surface area (Å²) in [4.78, 5) is 11.9. The topological polar surface area (TPSA) is 90.4 Å². The van der Waals surface area contributed by atoms with Gasteiger partial charge in [0.2, 0.25) is 5.91 Å². The van der Waals surface area contributed by atoms with Crippen LogP contribution in [0.4, 0.5) is 0 Å². The van der Waals surface area contributed by atoms with Crippen LogP contribution >= 0.6 is 31.9 Å². The molecule has 0 unspecified atom stereocenters. The van der Waals surface area contributed by atoms with Crippen LogP contribution in [-0.4, -0.2) is 27.4 Å². The first-order valence-electron chi connectivity index (χ1n) is 6.39. The number of halogens is 2. The molecule has 0 spiro atoms. The van der Waals surface area contributed by atoms with E-state index in [4.69, 9.17) is 0 Å². The summed E-state index contributed by atoms with van der Waals surface area (Å²) in [7, 11) is 0. The quantitative estimate of drug-likeness (QED) is 0.515. The third-order valence-corrected chi connectivity index (χ3v) is 4.13. The number of hydrogen-bond acceptors (Lipinski definition) is 4. The van der Waals surface area contributed by atoms with Gasteiger partial charge in [0.25, 0.3) is 0 Å². The lowest BCUT2D eigenvalue weighted by atomic mass is 10.1. The lowest BCUT2D eigenvalue weighted by Crippen LogP contribution is -2.20. The molecule has 0 fully saturated rings. The van der Waals surface area contributed by atoms with Crippen molar-refractivity contribution in [2.24, 2.45) is 5.10 Å². The number of carbonyl (C=O) groups is 1. The second kappa shape index (κ2) is 7.06. The van der Waals surface area contributed by atoms with E-state index in [1.54, 1.807) is 12.1 Å². The molecule has 1 heterocycles. The van der Waals surface area contributed by atoms with E-state index in [0.29, 0.717) is 10.0 Å². The summed E-state index contributed by atoms with van der Waals surface area (Å²) < 4.78 is 1.33. The largest absolute Gasteiger partial charge is 0.506 e. The minimum absolute atomic E-state index is 0.0581. The minimum Gasteiger partial charge on any atom is -0.506 e. The minimum atomic E-state index is -0.252. The van der Waals surface area contributed by atoms with Crippen molar-refractivity contribution in [3.8, 4) is 5.75 Å². The standard InChI is InChI=1S/C14H14Br2N4O2/c1-7-11(8(2)19-18-7)5-13(21)20-17-6-9-3-10(15)4-12(16)14(9)22/h3-4,6,22H,5H2,1-2H3,(H,18,19)(H,20,21)/b17-6+. The van der Waals surface area contributed by atoms with Gasteiger partial charge in [0.1, 0.15) is 5.75 Å². The summed E-state index contributed by atoms with van der Waals surface area (Å²) in [5.74, 6) is -0.194. The molecule has 116 valence electrons. The number of aromatic nitrogens is 2. The molecule has 6 nitrogen and oxygen atoms in total. The third-order valence-electron chi connectivity index (χ3n) is 3.07. The fourth-order valence-corrected chi connectivity index (χ4v) is 3.15. The first-order chi connectivity index (χ1) is 10.4. The van der Waals surface area contributed by atoms with Crippen molar-refractivity contribution in [3.63, 3.8) is 0 Å². The normalized spacial score (nSPS) is 11.1. The lowest BCUT2D eigenvalue weighted by Gasteiger charge is -2.03. The Balaban J connectivity index is 2.02. The van der Waals surface area contributed by atoms with Gasteiger partial charge in [0.15, 0.2) is 0 Å². The van der Waals surface area contributed by atoms with Gasteiger partial charge in [0, 0.05) is 21.3 Å². The number of phenolic OH excluding ortho intramolecular Hbond substituents is 1. The molecule has 0 bridgehead atoms. The molecule has 2 rings (SSSR count). The number of nitrogens with zero attached hydrogens (tertiary/aromatic N) is 2. The van der Waals surface area contributed by atoms with Crippen molar-refractivity contribution in [1.29, 1.82) is 0 Å². The summed E-state index contributed by atoms with van der Waals surface area (Å²) in [6.45, 7) is 3.70. The number of aryl methyl sites for hydroxylation is 2. The number of hydrazone groups is 1. The van der Waals surface area contributed by atoms with Crippen LogP contribution in [-0.2, 0) is 11.2 Å². The highest BCUT2D eigenvalue weighted by Gasteiger charge is 2.11. The van der Waals surface area contributed by atoms with E-state index < -0.39 is 0 Å². The molecule has 3 N–H and O–H groups in total. The molecule has 0 aliphatic heterocycles. The molecular formula is C14H14Br2N4O2. The summed E-state index contributed by atoms with van der Waals surface area (Å²) in [6, 6.07) is 3.41.